The number of aliphatic hydroxyl groups is 1. The predicted molar refractivity (Wildman–Crippen MR) is 182 cm³/mol. The molecule has 3 amide bonds. The van der Waals surface area contributed by atoms with Crippen molar-refractivity contribution in [1.29, 1.82) is 0 Å². The fraction of sp³-hybridized carbons (Fsp3) is 0.417. The van der Waals surface area contributed by atoms with E-state index in [1.54, 1.807) is 31.4 Å². The third-order valence-corrected chi connectivity index (χ3v) is 7.80. The second-order valence-electron chi connectivity index (χ2n) is 11.6. The molecule has 0 radical (unpaired) electrons. The molecule has 0 bridgehead atoms. The van der Waals surface area contributed by atoms with Gasteiger partial charge in [0.25, 0.3) is 0 Å². The van der Waals surface area contributed by atoms with Crippen molar-refractivity contribution in [2.24, 2.45) is 5.73 Å². The zero-order chi connectivity index (χ0) is 33.5. The van der Waals surface area contributed by atoms with E-state index in [1.165, 1.54) is 0 Å². The van der Waals surface area contributed by atoms with E-state index in [4.69, 9.17) is 22.1 Å². The Morgan fingerprint density at radius 1 is 0.870 bits per heavy atom. The number of hydrogen-bond donors (Lipinski definition) is 4. The van der Waals surface area contributed by atoms with Crippen LogP contribution in [-0.4, -0.2) is 66.6 Å². The van der Waals surface area contributed by atoms with Gasteiger partial charge in [0.15, 0.2) is 0 Å². The van der Waals surface area contributed by atoms with E-state index < -0.39 is 18.1 Å². The molecule has 0 aliphatic carbocycles. The van der Waals surface area contributed by atoms with E-state index in [9.17, 15) is 19.5 Å². The highest BCUT2D eigenvalue weighted by molar-refractivity contribution is 6.30. The normalized spacial score (nSPS) is 12.3. The van der Waals surface area contributed by atoms with Gasteiger partial charge < -0.3 is 31.1 Å². The summed E-state index contributed by atoms with van der Waals surface area (Å²) in [6.45, 7) is 6.17. The van der Waals surface area contributed by atoms with Gasteiger partial charge >= 0.3 is 0 Å². The minimum absolute atomic E-state index is 0.00114. The highest BCUT2D eigenvalue weighted by Gasteiger charge is 2.23. The van der Waals surface area contributed by atoms with E-state index in [2.05, 4.69) is 10.6 Å². The lowest BCUT2D eigenvalue weighted by atomic mass is 9.98. The van der Waals surface area contributed by atoms with Crippen LogP contribution in [0.15, 0.2) is 66.7 Å². The molecule has 0 heterocycles. The van der Waals surface area contributed by atoms with Gasteiger partial charge in [0.2, 0.25) is 17.7 Å². The summed E-state index contributed by atoms with van der Waals surface area (Å²) in [5.41, 5.74) is 9.44. The Bertz CT molecular complexity index is 1430. The lowest BCUT2D eigenvalue weighted by molar-refractivity contribution is -0.130. The molecule has 0 spiro atoms. The topological polar surface area (TPSA) is 134 Å². The Labute approximate surface area is 277 Å². The Balaban J connectivity index is 1.75. The van der Waals surface area contributed by atoms with Gasteiger partial charge in [0.1, 0.15) is 5.75 Å². The van der Waals surface area contributed by atoms with E-state index in [1.807, 2.05) is 61.2 Å². The van der Waals surface area contributed by atoms with Gasteiger partial charge in [0, 0.05) is 31.2 Å². The molecule has 3 aromatic rings. The van der Waals surface area contributed by atoms with Gasteiger partial charge in [0.05, 0.1) is 38.5 Å². The summed E-state index contributed by atoms with van der Waals surface area (Å²) >= 11 is 6.08. The second kappa shape index (κ2) is 18.9. The average Bonchev–Trinajstić information content (AvgIpc) is 3.01. The summed E-state index contributed by atoms with van der Waals surface area (Å²) in [5.74, 6) is -0.0368. The van der Waals surface area contributed by atoms with Crippen LogP contribution in [0.2, 0.25) is 5.02 Å². The first kappa shape index (κ1) is 36.5. The van der Waals surface area contributed by atoms with Crippen LogP contribution in [-0.2, 0) is 46.6 Å². The van der Waals surface area contributed by atoms with Crippen molar-refractivity contribution in [2.75, 3.05) is 26.7 Å². The van der Waals surface area contributed by atoms with Gasteiger partial charge in [-0.2, -0.15) is 0 Å². The lowest BCUT2D eigenvalue weighted by Crippen LogP contribution is -2.49. The lowest BCUT2D eigenvalue weighted by Gasteiger charge is -2.25. The summed E-state index contributed by atoms with van der Waals surface area (Å²) in [6, 6.07) is 19.8. The molecular weight excluding hydrogens is 604 g/mol. The van der Waals surface area contributed by atoms with E-state index in [0.29, 0.717) is 42.2 Å². The maximum absolute atomic E-state index is 13.4. The smallest absolute Gasteiger partial charge is 0.226 e. The number of aliphatic hydroxyl groups excluding tert-OH is 1. The molecule has 46 heavy (non-hydrogen) atoms. The van der Waals surface area contributed by atoms with Crippen molar-refractivity contribution < 1.29 is 24.2 Å². The molecule has 0 aliphatic heterocycles. The average molecular weight is 651 g/mol. The monoisotopic (exact) mass is 650 g/mol. The number of ether oxygens (including phenoxy) is 1. The van der Waals surface area contributed by atoms with E-state index in [-0.39, 0.29) is 37.6 Å². The summed E-state index contributed by atoms with van der Waals surface area (Å²) in [7, 11) is 1.61. The van der Waals surface area contributed by atoms with Gasteiger partial charge in [-0.25, -0.2) is 0 Å². The van der Waals surface area contributed by atoms with Crippen LogP contribution in [0.25, 0.3) is 0 Å². The van der Waals surface area contributed by atoms with Crippen molar-refractivity contribution in [3.8, 4) is 5.75 Å². The molecule has 3 rings (SSSR count). The molecule has 0 aromatic heterocycles. The number of hydrogen-bond acceptors (Lipinski definition) is 6. The van der Waals surface area contributed by atoms with E-state index in [0.717, 1.165) is 35.3 Å². The number of carbonyl (C=O) groups excluding carboxylic acids is 3. The molecule has 0 saturated carbocycles. The Kier molecular flexibility index (Phi) is 15.0. The summed E-state index contributed by atoms with van der Waals surface area (Å²) in [4.78, 5) is 40.1. The number of methoxy groups -OCH3 is 1. The fourth-order valence-electron chi connectivity index (χ4n) is 5.42. The van der Waals surface area contributed by atoms with Crippen LogP contribution in [0.4, 0.5) is 0 Å². The number of primary amides is 1. The van der Waals surface area contributed by atoms with Crippen molar-refractivity contribution in [3.05, 3.63) is 99.6 Å². The Morgan fingerprint density at radius 2 is 1.50 bits per heavy atom. The second-order valence-corrected chi connectivity index (χ2v) is 12.0. The standard InChI is InChI=1S/C36H47ClN4O5/c1-4-13-41(14-5-2)36(45)22-29-16-27(20-34(38)43)15-28(17-29)21-35(44)40-32(19-25-9-11-30(37)12-10-25)33(42)24-39-23-26-7-6-8-31(18-26)46-3/h6-12,15-18,32-33,39,42H,4-5,13-14,19-24H2,1-3H3,(H2,38,43)(H,40,44)/t32-,33+/m0/s1. The fourth-order valence-corrected chi connectivity index (χ4v) is 5.55. The molecule has 248 valence electrons. The van der Waals surface area contributed by atoms with Crippen LogP contribution in [0.3, 0.4) is 0 Å². The number of nitrogens with two attached hydrogens (primary N) is 1. The SMILES string of the molecule is CCCN(CCC)C(=O)Cc1cc(CC(N)=O)cc(CC(=O)N[C@@H](Cc2ccc(Cl)cc2)[C@H](O)CNCc2cccc(OC)c2)c1. The molecule has 3 aromatic carbocycles. The number of carbonyl (C=O) groups is 3. The number of nitrogens with one attached hydrogen (secondary N) is 2. The van der Waals surface area contributed by atoms with Crippen molar-refractivity contribution in [3.63, 3.8) is 0 Å². The first-order valence-corrected chi connectivity index (χ1v) is 16.2. The summed E-state index contributed by atoms with van der Waals surface area (Å²) in [6.07, 6.45) is 1.37. The molecular formula is C36H47ClN4O5. The molecule has 0 unspecified atom stereocenters. The largest absolute Gasteiger partial charge is 0.497 e. The van der Waals surface area contributed by atoms with Gasteiger partial charge in [-0.05, 0) is 71.3 Å². The summed E-state index contributed by atoms with van der Waals surface area (Å²) in [5, 5.41) is 18.1. The van der Waals surface area contributed by atoms with Crippen LogP contribution in [0.5, 0.6) is 5.75 Å². The van der Waals surface area contributed by atoms with Crippen molar-refractivity contribution >= 4 is 29.3 Å². The van der Waals surface area contributed by atoms with Crippen LogP contribution >= 0.6 is 11.6 Å². The van der Waals surface area contributed by atoms with Crippen LogP contribution in [0, 0.1) is 0 Å². The zero-order valence-electron chi connectivity index (χ0n) is 27.1. The first-order valence-electron chi connectivity index (χ1n) is 15.8. The zero-order valence-corrected chi connectivity index (χ0v) is 27.8. The molecule has 10 heteroatoms. The third kappa shape index (κ3) is 12.5. The maximum atomic E-state index is 13.4. The molecule has 9 nitrogen and oxygen atoms in total. The highest BCUT2D eigenvalue weighted by atomic mass is 35.5. The van der Waals surface area contributed by atoms with Gasteiger partial charge in [-0.1, -0.05) is 67.9 Å². The minimum atomic E-state index is -0.900. The van der Waals surface area contributed by atoms with Crippen molar-refractivity contribution in [1.82, 2.24) is 15.5 Å². The van der Waals surface area contributed by atoms with Gasteiger partial charge in [-0.3, -0.25) is 14.4 Å². The number of rotatable bonds is 19. The van der Waals surface area contributed by atoms with Crippen LogP contribution in [0.1, 0.15) is 54.5 Å². The van der Waals surface area contributed by atoms with Crippen LogP contribution < -0.4 is 21.1 Å². The molecule has 2 atom stereocenters. The number of nitrogens with zero attached hydrogens (tertiary/aromatic N) is 1. The quantitative estimate of drug-likeness (QED) is 0.155. The number of halogens is 1. The maximum Gasteiger partial charge on any atom is 0.226 e. The number of benzene rings is 3. The van der Waals surface area contributed by atoms with Crippen molar-refractivity contribution in [2.45, 2.75) is 71.1 Å². The molecule has 0 saturated heterocycles. The van der Waals surface area contributed by atoms with E-state index >= 15 is 0 Å². The molecule has 5 N–H and O–H groups in total. The highest BCUT2D eigenvalue weighted by Crippen LogP contribution is 2.17. The Hall–Kier alpha value is -3.92. The Morgan fingerprint density at radius 3 is 2.11 bits per heavy atom. The number of amides is 3. The minimum Gasteiger partial charge on any atom is -0.497 e. The molecule has 0 fully saturated rings. The predicted octanol–water partition coefficient (Wildman–Crippen LogP) is 3.99. The third-order valence-electron chi connectivity index (χ3n) is 7.55. The van der Waals surface area contributed by atoms with Gasteiger partial charge in [-0.15, -0.1) is 0 Å². The molecule has 0 aliphatic rings. The first-order chi connectivity index (χ1) is 22.1. The summed E-state index contributed by atoms with van der Waals surface area (Å²) < 4.78 is 5.29.